The molecule has 2 aliphatic carbocycles. The molecule has 0 saturated carbocycles. The smallest absolute Gasteiger partial charge is 0.159 e. The summed E-state index contributed by atoms with van der Waals surface area (Å²) in [6.07, 6.45) is 17.3. The van der Waals surface area contributed by atoms with Crippen LogP contribution in [0, 0.1) is 12.8 Å². The molecule has 0 unspecified atom stereocenters. The van der Waals surface area contributed by atoms with Crippen LogP contribution in [0.2, 0.25) is 0 Å². The Kier molecular flexibility index (Phi) is 7.09. The molecule has 0 saturated heterocycles. The standard InChI is InChI=1S/C7H7O.C5H5.Fe/c1-6(8)7-4-2-3-5-7;1-2-4-5-3-1;/h2-5H,1H3;1-5H;. The summed E-state index contributed by atoms with van der Waals surface area (Å²) in [7, 11) is 0. The first-order chi connectivity index (χ1) is 6.30. The Bertz CT molecular complexity index is 285. The minimum atomic E-state index is 0. The summed E-state index contributed by atoms with van der Waals surface area (Å²) in [5, 5.41) is 0. The molecule has 0 aliphatic heterocycles. The third kappa shape index (κ3) is 5.00. The number of rotatable bonds is 1. The molecule has 0 atom stereocenters. The fraction of sp³-hybridized carbons (Fsp3) is 0.0833. The van der Waals surface area contributed by atoms with Gasteiger partial charge in [-0.15, -0.1) is 0 Å². The van der Waals surface area contributed by atoms with Crippen LogP contribution in [0.15, 0.2) is 48.1 Å². The van der Waals surface area contributed by atoms with E-state index >= 15 is 0 Å². The van der Waals surface area contributed by atoms with Crippen molar-refractivity contribution in [2.75, 3.05) is 0 Å². The Balaban J connectivity index is 0.000000246. The minimum absolute atomic E-state index is 0. The molecular weight excluding hydrogens is 216 g/mol. The zero-order chi connectivity index (χ0) is 9.52. The average Bonchev–Trinajstić information content (AvgIpc) is 2.82. The molecule has 2 radical (unpaired) electrons. The van der Waals surface area contributed by atoms with Gasteiger partial charge in [0.2, 0.25) is 0 Å². The van der Waals surface area contributed by atoms with Crippen LogP contribution in [-0.4, -0.2) is 5.78 Å². The van der Waals surface area contributed by atoms with Crippen molar-refractivity contribution in [2.24, 2.45) is 0 Å². The molecule has 2 heteroatoms. The van der Waals surface area contributed by atoms with Crippen LogP contribution in [0.3, 0.4) is 0 Å². The number of hydrogen-bond acceptors (Lipinski definition) is 1. The van der Waals surface area contributed by atoms with E-state index in [-0.39, 0.29) is 22.9 Å². The van der Waals surface area contributed by atoms with Gasteiger partial charge in [0, 0.05) is 35.5 Å². The van der Waals surface area contributed by atoms with Crippen molar-refractivity contribution in [1.82, 2.24) is 0 Å². The molecule has 74 valence electrons. The summed E-state index contributed by atoms with van der Waals surface area (Å²) in [6, 6.07) is 0. The van der Waals surface area contributed by atoms with E-state index in [4.69, 9.17) is 0 Å². The van der Waals surface area contributed by atoms with Gasteiger partial charge in [-0.05, 0) is 6.92 Å². The molecule has 1 nitrogen and oxygen atoms in total. The zero-order valence-corrected chi connectivity index (χ0v) is 9.06. The Morgan fingerprint density at radius 1 is 1.00 bits per heavy atom. The second-order valence-corrected chi connectivity index (χ2v) is 2.69. The van der Waals surface area contributed by atoms with Crippen molar-refractivity contribution in [1.29, 1.82) is 0 Å². The van der Waals surface area contributed by atoms with E-state index < -0.39 is 0 Å². The first-order valence-corrected chi connectivity index (χ1v) is 4.20. The molecule has 14 heavy (non-hydrogen) atoms. The summed E-state index contributed by atoms with van der Waals surface area (Å²) in [4.78, 5) is 10.5. The first kappa shape index (κ1) is 13.1. The van der Waals surface area contributed by atoms with Gasteiger partial charge in [0.05, 0.1) is 0 Å². The van der Waals surface area contributed by atoms with Gasteiger partial charge in [-0.2, -0.15) is 0 Å². The van der Waals surface area contributed by atoms with Crippen LogP contribution in [-0.2, 0) is 21.9 Å². The topological polar surface area (TPSA) is 17.1 Å². The van der Waals surface area contributed by atoms with Crippen molar-refractivity contribution in [3.63, 3.8) is 0 Å². The van der Waals surface area contributed by atoms with Crippen molar-refractivity contribution in [3.05, 3.63) is 60.9 Å². The van der Waals surface area contributed by atoms with Crippen LogP contribution >= 0.6 is 0 Å². The van der Waals surface area contributed by atoms with Gasteiger partial charge in [-0.1, -0.05) is 42.5 Å². The molecule has 0 N–H and O–H groups in total. The van der Waals surface area contributed by atoms with Gasteiger partial charge in [0.1, 0.15) is 0 Å². The Morgan fingerprint density at radius 3 is 1.86 bits per heavy atom. The second kappa shape index (κ2) is 7.54. The predicted octanol–water partition coefficient (Wildman–Crippen LogP) is 2.59. The van der Waals surface area contributed by atoms with E-state index in [1.54, 1.807) is 6.92 Å². The Labute approximate surface area is 95.7 Å². The number of hydrogen-bond donors (Lipinski definition) is 0. The molecular formula is C12H12FeO. The average molecular weight is 228 g/mol. The monoisotopic (exact) mass is 228 g/mol. The summed E-state index contributed by atoms with van der Waals surface area (Å²) < 4.78 is 0. The van der Waals surface area contributed by atoms with Gasteiger partial charge in [-0.3, -0.25) is 4.79 Å². The van der Waals surface area contributed by atoms with Crippen LogP contribution < -0.4 is 0 Å². The second-order valence-electron chi connectivity index (χ2n) is 2.69. The molecule has 0 aromatic rings. The van der Waals surface area contributed by atoms with Gasteiger partial charge in [0.15, 0.2) is 5.78 Å². The molecule has 0 aromatic heterocycles. The van der Waals surface area contributed by atoms with E-state index in [1.807, 2.05) is 55.4 Å². The van der Waals surface area contributed by atoms with Gasteiger partial charge in [-0.25, -0.2) is 0 Å². The molecule has 0 aromatic carbocycles. The third-order valence-corrected chi connectivity index (χ3v) is 1.62. The van der Waals surface area contributed by atoms with Crippen LogP contribution in [0.4, 0.5) is 0 Å². The van der Waals surface area contributed by atoms with Crippen LogP contribution in [0.1, 0.15) is 6.92 Å². The van der Waals surface area contributed by atoms with Crippen LogP contribution in [0.5, 0.6) is 0 Å². The van der Waals surface area contributed by atoms with E-state index in [0.29, 0.717) is 0 Å². The maximum Gasteiger partial charge on any atom is 0.159 e. The zero-order valence-electron chi connectivity index (χ0n) is 7.96. The number of Topliss-reactive ketones (excluding diaryl/α,β-unsaturated/α-hetero) is 1. The van der Waals surface area contributed by atoms with E-state index in [0.717, 1.165) is 5.57 Å². The fourth-order valence-corrected chi connectivity index (χ4v) is 0.929. The third-order valence-electron chi connectivity index (χ3n) is 1.62. The molecule has 0 heterocycles. The molecule has 2 aliphatic rings. The summed E-state index contributed by atoms with van der Waals surface area (Å²) >= 11 is 0. The normalized spacial score (nSPS) is 15.6. The molecule has 0 amide bonds. The number of allylic oxidation sites excluding steroid dienone is 8. The Hall–Kier alpha value is -0.851. The summed E-state index contributed by atoms with van der Waals surface area (Å²) in [6.45, 7) is 1.56. The predicted molar refractivity (Wildman–Crippen MR) is 54.8 cm³/mol. The van der Waals surface area contributed by atoms with Gasteiger partial charge >= 0.3 is 0 Å². The number of carbonyl (C=O) groups excluding carboxylic acids is 1. The van der Waals surface area contributed by atoms with Crippen molar-refractivity contribution in [2.45, 2.75) is 6.92 Å². The molecule has 0 fully saturated rings. The minimum Gasteiger partial charge on any atom is -0.295 e. The van der Waals surface area contributed by atoms with Crippen molar-refractivity contribution in [3.8, 4) is 0 Å². The summed E-state index contributed by atoms with van der Waals surface area (Å²) in [5.74, 6) is 0.134. The maximum atomic E-state index is 10.5. The van der Waals surface area contributed by atoms with Crippen LogP contribution in [0.25, 0.3) is 0 Å². The van der Waals surface area contributed by atoms with Crippen molar-refractivity contribution >= 4 is 5.78 Å². The van der Waals surface area contributed by atoms with Gasteiger partial charge < -0.3 is 0 Å². The van der Waals surface area contributed by atoms with E-state index in [2.05, 4.69) is 0 Å². The Morgan fingerprint density at radius 2 is 1.64 bits per heavy atom. The maximum absolute atomic E-state index is 10.5. The van der Waals surface area contributed by atoms with Gasteiger partial charge in [0.25, 0.3) is 0 Å². The molecule has 0 bridgehead atoms. The number of carbonyl (C=O) groups is 1. The largest absolute Gasteiger partial charge is 0.295 e. The first-order valence-electron chi connectivity index (χ1n) is 4.20. The van der Waals surface area contributed by atoms with Crippen molar-refractivity contribution < 1.29 is 21.9 Å². The summed E-state index contributed by atoms with van der Waals surface area (Å²) in [5.41, 5.74) is 0.796. The van der Waals surface area contributed by atoms with E-state index in [9.17, 15) is 4.79 Å². The quantitative estimate of drug-likeness (QED) is 0.630. The van der Waals surface area contributed by atoms with E-state index in [1.165, 1.54) is 0 Å². The SMILES string of the molecule is CC(=O)C1=C[CH]C=C1.[CH]1C=CC=C1.[Fe]. The number of ketones is 1. The molecule has 2 rings (SSSR count). The fourth-order valence-electron chi connectivity index (χ4n) is 0.929. The molecule has 0 spiro atoms.